The summed E-state index contributed by atoms with van der Waals surface area (Å²) < 4.78 is 4.88. The smallest absolute Gasteiger partial charge is 0.410 e. The van der Waals surface area contributed by atoms with Crippen LogP contribution in [-0.4, -0.2) is 42.0 Å². The lowest BCUT2D eigenvalue weighted by atomic mass is 10.1. The lowest BCUT2D eigenvalue weighted by Crippen LogP contribution is -2.47. The summed E-state index contributed by atoms with van der Waals surface area (Å²) in [6, 6.07) is 7.93. The number of ether oxygens (including phenoxy) is 1. The van der Waals surface area contributed by atoms with Crippen LogP contribution in [0.25, 0.3) is 0 Å². The first kappa shape index (κ1) is 15.3. The molecular formula is C14H14N4O4. The molecule has 0 spiro atoms. The van der Waals surface area contributed by atoms with E-state index in [1.165, 1.54) is 4.90 Å². The van der Waals surface area contributed by atoms with Crippen molar-refractivity contribution in [2.24, 2.45) is 5.73 Å². The Balaban J connectivity index is 2.13. The summed E-state index contributed by atoms with van der Waals surface area (Å²) in [5.41, 5.74) is 5.98. The zero-order valence-corrected chi connectivity index (χ0v) is 11.6. The van der Waals surface area contributed by atoms with Gasteiger partial charge in [0.1, 0.15) is 12.6 Å². The topological polar surface area (TPSA) is 126 Å². The summed E-state index contributed by atoms with van der Waals surface area (Å²) in [5.74, 6) is -1.21. The first-order chi connectivity index (χ1) is 10.5. The molecule has 1 saturated heterocycles. The van der Waals surface area contributed by atoms with E-state index in [4.69, 9.17) is 15.7 Å². The number of carbonyl (C=O) groups excluding carboxylic acids is 3. The molecule has 2 rings (SSSR count). The van der Waals surface area contributed by atoms with E-state index in [0.717, 1.165) is 0 Å². The summed E-state index contributed by atoms with van der Waals surface area (Å²) >= 11 is 0. The summed E-state index contributed by atoms with van der Waals surface area (Å²) in [6.07, 6.45) is -0.646. The second-order valence-corrected chi connectivity index (χ2v) is 4.67. The van der Waals surface area contributed by atoms with Gasteiger partial charge in [0.2, 0.25) is 11.8 Å². The molecule has 0 unspecified atom stereocenters. The molecule has 1 heterocycles. The molecule has 22 heavy (non-hydrogen) atoms. The van der Waals surface area contributed by atoms with Gasteiger partial charge in [-0.2, -0.15) is 5.26 Å². The minimum absolute atomic E-state index is 0.0667. The summed E-state index contributed by atoms with van der Waals surface area (Å²) in [6.45, 7) is -0.360. The van der Waals surface area contributed by atoms with Gasteiger partial charge in [0.25, 0.3) is 0 Å². The molecule has 8 nitrogen and oxygen atoms in total. The molecule has 0 saturated carbocycles. The van der Waals surface area contributed by atoms with Gasteiger partial charge in [0.05, 0.1) is 24.7 Å². The third kappa shape index (κ3) is 3.32. The van der Waals surface area contributed by atoms with Gasteiger partial charge in [-0.15, -0.1) is 0 Å². The standard InChI is InChI=1S/C14H14N4O4/c15-5-9-3-1-2-4-10(9)7-18-11(8-22-14(18)21)13(20)17-6-12(16)19/h1-4,11H,6-8H2,(H2,16,19)(H,17,20)/t11-/m0/s1. The third-order valence-corrected chi connectivity index (χ3v) is 3.19. The number of hydrogen-bond donors (Lipinski definition) is 2. The van der Waals surface area contributed by atoms with Crippen molar-refractivity contribution in [3.63, 3.8) is 0 Å². The molecule has 1 aliphatic heterocycles. The number of benzene rings is 1. The van der Waals surface area contributed by atoms with Crippen LogP contribution in [0.5, 0.6) is 0 Å². The number of rotatable bonds is 5. The van der Waals surface area contributed by atoms with Gasteiger partial charge in [-0.05, 0) is 11.6 Å². The van der Waals surface area contributed by atoms with Crippen molar-refractivity contribution in [1.82, 2.24) is 10.2 Å². The summed E-state index contributed by atoms with van der Waals surface area (Å²) in [7, 11) is 0. The van der Waals surface area contributed by atoms with Crippen molar-refractivity contribution in [2.75, 3.05) is 13.2 Å². The van der Waals surface area contributed by atoms with Crippen LogP contribution in [0.1, 0.15) is 11.1 Å². The number of hydrogen-bond acceptors (Lipinski definition) is 5. The van der Waals surface area contributed by atoms with Gasteiger partial charge >= 0.3 is 6.09 Å². The van der Waals surface area contributed by atoms with Gasteiger partial charge in [0.15, 0.2) is 0 Å². The molecule has 3 amide bonds. The van der Waals surface area contributed by atoms with Crippen LogP contribution in [0.3, 0.4) is 0 Å². The van der Waals surface area contributed by atoms with Crippen LogP contribution < -0.4 is 11.1 Å². The number of cyclic esters (lactones) is 1. The zero-order valence-electron chi connectivity index (χ0n) is 11.6. The number of nitriles is 1. The number of carbonyl (C=O) groups is 3. The van der Waals surface area contributed by atoms with E-state index in [-0.39, 0.29) is 19.7 Å². The number of primary amides is 1. The van der Waals surface area contributed by atoms with Crippen molar-refractivity contribution < 1.29 is 19.1 Å². The number of nitrogens with two attached hydrogens (primary N) is 1. The Hall–Kier alpha value is -3.08. The third-order valence-electron chi connectivity index (χ3n) is 3.19. The van der Waals surface area contributed by atoms with Crippen molar-refractivity contribution in [3.05, 3.63) is 35.4 Å². The normalized spacial score (nSPS) is 16.8. The molecule has 0 aromatic heterocycles. The number of nitrogens with zero attached hydrogens (tertiary/aromatic N) is 2. The molecule has 114 valence electrons. The van der Waals surface area contributed by atoms with Crippen molar-refractivity contribution in [3.8, 4) is 6.07 Å². The number of nitrogens with one attached hydrogen (secondary N) is 1. The van der Waals surface area contributed by atoms with Crippen molar-refractivity contribution in [1.29, 1.82) is 5.26 Å². The zero-order chi connectivity index (χ0) is 16.1. The highest BCUT2D eigenvalue weighted by atomic mass is 16.6. The van der Waals surface area contributed by atoms with Crippen LogP contribution >= 0.6 is 0 Å². The molecule has 1 fully saturated rings. The SMILES string of the molecule is N#Cc1ccccc1CN1C(=O)OC[C@H]1C(=O)NCC(N)=O. The molecule has 1 aromatic carbocycles. The number of amides is 3. The van der Waals surface area contributed by atoms with Gasteiger partial charge in [-0.25, -0.2) is 4.79 Å². The molecule has 1 aromatic rings. The Morgan fingerprint density at radius 3 is 2.86 bits per heavy atom. The van der Waals surface area contributed by atoms with Gasteiger partial charge in [-0.3, -0.25) is 14.5 Å². The average Bonchev–Trinajstić information content (AvgIpc) is 2.86. The quantitative estimate of drug-likeness (QED) is 0.757. The molecular weight excluding hydrogens is 288 g/mol. The Morgan fingerprint density at radius 1 is 1.45 bits per heavy atom. The Morgan fingerprint density at radius 2 is 2.18 bits per heavy atom. The first-order valence-electron chi connectivity index (χ1n) is 6.50. The monoisotopic (exact) mass is 302 g/mol. The highest BCUT2D eigenvalue weighted by Gasteiger charge is 2.38. The largest absolute Gasteiger partial charge is 0.447 e. The highest BCUT2D eigenvalue weighted by Crippen LogP contribution is 2.18. The first-order valence-corrected chi connectivity index (χ1v) is 6.50. The molecule has 0 radical (unpaired) electrons. The Kier molecular flexibility index (Phi) is 4.58. The molecule has 1 aliphatic rings. The van der Waals surface area contributed by atoms with E-state index in [2.05, 4.69) is 5.32 Å². The Labute approximate surface area is 126 Å². The minimum atomic E-state index is -0.862. The average molecular weight is 302 g/mol. The maximum atomic E-state index is 12.0. The van der Waals surface area contributed by atoms with Crippen LogP contribution in [-0.2, 0) is 20.9 Å². The lowest BCUT2D eigenvalue weighted by molar-refractivity contribution is -0.127. The molecule has 1 atom stereocenters. The predicted molar refractivity (Wildman–Crippen MR) is 74.0 cm³/mol. The maximum Gasteiger partial charge on any atom is 0.410 e. The molecule has 3 N–H and O–H groups in total. The van der Waals surface area contributed by atoms with E-state index in [1.54, 1.807) is 24.3 Å². The second kappa shape index (κ2) is 6.58. The fraction of sp³-hybridized carbons (Fsp3) is 0.286. The van der Waals surface area contributed by atoms with Crippen molar-refractivity contribution in [2.45, 2.75) is 12.6 Å². The fourth-order valence-electron chi connectivity index (χ4n) is 2.09. The van der Waals surface area contributed by atoms with Gasteiger partial charge < -0.3 is 15.8 Å². The van der Waals surface area contributed by atoms with E-state index < -0.39 is 23.9 Å². The summed E-state index contributed by atoms with van der Waals surface area (Å²) in [5, 5.41) is 11.4. The molecule has 8 heteroatoms. The van der Waals surface area contributed by atoms with Gasteiger partial charge in [-0.1, -0.05) is 18.2 Å². The fourth-order valence-corrected chi connectivity index (χ4v) is 2.09. The Bertz CT molecular complexity index is 652. The highest BCUT2D eigenvalue weighted by molar-refractivity contribution is 5.90. The van der Waals surface area contributed by atoms with Crippen LogP contribution in [0, 0.1) is 11.3 Å². The minimum Gasteiger partial charge on any atom is -0.447 e. The van der Waals surface area contributed by atoms with E-state index in [0.29, 0.717) is 11.1 Å². The van der Waals surface area contributed by atoms with E-state index in [9.17, 15) is 14.4 Å². The molecule has 0 bridgehead atoms. The van der Waals surface area contributed by atoms with E-state index >= 15 is 0 Å². The van der Waals surface area contributed by atoms with Crippen molar-refractivity contribution >= 4 is 17.9 Å². The van der Waals surface area contributed by atoms with Crippen LogP contribution in [0.4, 0.5) is 4.79 Å². The van der Waals surface area contributed by atoms with Gasteiger partial charge in [0, 0.05) is 0 Å². The maximum absolute atomic E-state index is 12.0. The summed E-state index contributed by atoms with van der Waals surface area (Å²) in [4.78, 5) is 35.7. The van der Waals surface area contributed by atoms with E-state index in [1.807, 2.05) is 6.07 Å². The lowest BCUT2D eigenvalue weighted by Gasteiger charge is -2.21. The molecule has 0 aliphatic carbocycles. The van der Waals surface area contributed by atoms with Crippen LogP contribution in [0.2, 0.25) is 0 Å². The second-order valence-electron chi connectivity index (χ2n) is 4.67. The van der Waals surface area contributed by atoms with Crippen LogP contribution in [0.15, 0.2) is 24.3 Å². The predicted octanol–water partition coefficient (Wildman–Crippen LogP) is -0.519.